The summed E-state index contributed by atoms with van der Waals surface area (Å²) < 4.78 is 299. The lowest BCUT2D eigenvalue weighted by molar-refractivity contribution is -0.461. The van der Waals surface area contributed by atoms with E-state index in [1.165, 1.54) is 54.6 Å². The highest BCUT2D eigenvalue weighted by atomic mass is 32.2. The van der Waals surface area contributed by atoms with Crippen LogP contribution in [0.2, 0.25) is 0 Å². The van der Waals surface area contributed by atoms with Crippen molar-refractivity contribution >= 4 is 53.5 Å². The second kappa shape index (κ2) is 26.9. The molecule has 3 aromatic carbocycles. The summed E-state index contributed by atoms with van der Waals surface area (Å²) in [6, 6.07) is 18.4. The van der Waals surface area contributed by atoms with Gasteiger partial charge in [0.1, 0.15) is 24.3 Å². The molecule has 2 aliphatic heterocycles. The van der Waals surface area contributed by atoms with Gasteiger partial charge in [0.25, 0.3) is 0 Å². The van der Waals surface area contributed by atoms with Crippen LogP contribution in [0, 0.1) is 0 Å². The molecular formula is C51H45F17O17S. The number of hydrogen-bond acceptors (Lipinski definition) is 18. The van der Waals surface area contributed by atoms with Gasteiger partial charge in [-0.1, -0.05) is 54.6 Å². The van der Waals surface area contributed by atoms with E-state index in [9.17, 15) is 90.6 Å². The smallest absolute Gasteiger partial charge is 0.460 e. The van der Waals surface area contributed by atoms with Crippen LogP contribution in [0.15, 0.2) is 91.0 Å². The maximum Gasteiger partial charge on any atom is 0.460 e. The molecule has 35 heteroatoms. The summed E-state index contributed by atoms with van der Waals surface area (Å²) in [5.41, 5.74) is -3.61. The average molecular weight is 1280 g/mol. The Morgan fingerprint density at radius 3 is 1.17 bits per heavy atom. The largest absolute Gasteiger partial charge is 0.463 e. The van der Waals surface area contributed by atoms with Gasteiger partial charge in [-0.15, -0.1) is 11.8 Å². The Balaban J connectivity index is 1.66. The monoisotopic (exact) mass is 1280 g/mol. The van der Waals surface area contributed by atoms with Crippen molar-refractivity contribution in [3.63, 3.8) is 0 Å². The molecule has 86 heavy (non-hydrogen) atoms. The molecule has 0 bridgehead atoms. The number of carbonyl (C=O) groups is 7. The fraction of sp³-hybridized carbons (Fsp3) is 0.510. The summed E-state index contributed by atoms with van der Waals surface area (Å²) >= 11 is -0.419. The minimum Gasteiger partial charge on any atom is -0.463 e. The number of esters is 7. The molecule has 2 aliphatic rings. The normalized spacial score (nSPS) is 23.5. The van der Waals surface area contributed by atoms with Crippen LogP contribution in [0.25, 0.3) is 0 Å². The molecule has 17 nitrogen and oxygen atoms in total. The van der Waals surface area contributed by atoms with Crippen LogP contribution in [0.4, 0.5) is 74.6 Å². The molecule has 2 heterocycles. The zero-order valence-corrected chi connectivity index (χ0v) is 44.9. The first-order chi connectivity index (χ1) is 39.6. The van der Waals surface area contributed by atoms with E-state index >= 15 is 17.6 Å². The second-order valence-corrected chi connectivity index (χ2v) is 19.6. The van der Waals surface area contributed by atoms with Gasteiger partial charge in [0.2, 0.25) is 0 Å². The second-order valence-electron chi connectivity index (χ2n) is 18.4. The quantitative estimate of drug-likeness (QED) is 0.0464. The molecule has 2 saturated heterocycles. The van der Waals surface area contributed by atoms with Crippen LogP contribution < -0.4 is 0 Å². The first-order valence-corrected chi connectivity index (χ1v) is 25.4. The fourth-order valence-corrected chi connectivity index (χ4v) is 9.24. The summed E-state index contributed by atoms with van der Waals surface area (Å²) in [5.74, 6) is -69.5. The van der Waals surface area contributed by atoms with E-state index in [0.29, 0.717) is 0 Å². The SMILES string of the molecule is CC(=O)OC[C@H]1O[C@@H](OC[C@H]2O[C@@H](SCCC(F)(F)C(F)(F)C(F)(F)C(F)(F)C(F)(F)C(F)(F)C(F)(F)C(F)(F)F)[C@H](OC(=O)c3ccccc3)[C@@H](OC(=O)c3ccccc3)[C@@H]2OC(=O)c2ccccc2)[C@H](OC(C)=O)[C@@H](OC(C)=O)[C@H]1OC(C)=O. The van der Waals surface area contributed by atoms with E-state index in [2.05, 4.69) is 0 Å². The molecule has 5 rings (SSSR count). The van der Waals surface area contributed by atoms with Gasteiger partial charge in [0, 0.05) is 39.9 Å². The third-order valence-corrected chi connectivity index (χ3v) is 13.4. The number of ether oxygens (including phenoxy) is 10. The molecule has 0 N–H and O–H groups in total. The van der Waals surface area contributed by atoms with Gasteiger partial charge in [-0.2, -0.15) is 74.6 Å². The Bertz CT molecular complexity index is 2870. The Morgan fingerprint density at radius 1 is 0.407 bits per heavy atom. The van der Waals surface area contributed by atoms with E-state index in [1.54, 1.807) is 0 Å². The van der Waals surface area contributed by atoms with Crippen LogP contribution in [0.3, 0.4) is 0 Å². The molecule has 0 amide bonds. The zero-order chi connectivity index (χ0) is 64.8. The molecular weight excluding hydrogens is 1240 g/mol. The Hall–Kier alpha value is -7.01. The molecule has 476 valence electrons. The Kier molecular flexibility index (Phi) is 21.9. The maximum atomic E-state index is 15.5. The Morgan fingerprint density at radius 2 is 0.756 bits per heavy atom. The van der Waals surface area contributed by atoms with Crippen molar-refractivity contribution in [3.8, 4) is 0 Å². The van der Waals surface area contributed by atoms with Gasteiger partial charge in [0.15, 0.2) is 42.9 Å². The lowest BCUT2D eigenvalue weighted by atomic mass is 9.88. The number of benzene rings is 3. The molecule has 0 saturated carbocycles. The first kappa shape index (κ1) is 69.8. The molecule has 0 spiro atoms. The van der Waals surface area contributed by atoms with Crippen molar-refractivity contribution in [2.24, 2.45) is 0 Å². The van der Waals surface area contributed by atoms with Crippen LogP contribution in [-0.2, 0) is 66.5 Å². The minimum absolute atomic E-state index is 0.324. The van der Waals surface area contributed by atoms with Crippen molar-refractivity contribution in [2.75, 3.05) is 19.0 Å². The number of rotatable bonds is 24. The minimum atomic E-state index is -8.91. The van der Waals surface area contributed by atoms with Gasteiger partial charge < -0.3 is 47.4 Å². The molecule has 0 unspecified atom stereocenters. The number of halogens is 17. The summed E-state index contributed by atoms with van der Waals surface area (Å²) in [7, 11) is 0. The number of thioether (sulfide) groups is 1. The first-order valence-electron chi connectivity index (χ1n) is 24.3. The summed E-state index contributed by atoms with van der Waals surface area (Å²) in [4.78, 5) is 91.4. The summed E-state index contributed by atoms with van der Waals surface area (Å²) in [6.45, 7) is 1.19. The molecule has 0 radical (unpaired) electrons. The zero-order valence-electron chi connectivity index (χ0n) is 44.0. The summed E-state index contributed by atoms with van der Waals surface area (Å²) in [6.07, 6.45) is -30.4. The maximum absolute atomic E-state index is 15.5. The van der Waals surface area contributed by atoms with Gasteiger partial charge in [0.05, 0.1) is 23.3 Å². The number of alkyl halides is 17. The molecule has 2 fully saturated rings. The van der Waals surface area contributed by atoms with Crippen LogP contribution in [-0.4, -0.2) is 169 Å². The number of carbonyl (C=O) groups excluding carboxylic acids is 7. The van der Waals surface area contributed by atoms with E-state index in [4.69, 9.17) is 47.4 Å². The average Bonchev–Trinajstić information content (AvgIpc) is 0.717. The predicted molar refractivity (Wildman–Crippen MR) is 251 cm³/mol. The third-order valence-electron chi connectivity index (χ3n) is 12.2. The predicted octanol–water partition coefficient (Wildman–Crippen LogP) is 9.62. The summed E-state index contributed by atoms with van der Waals surface area (Å²) in [5, 5.41) is 0. The van der Waals surface area contributed by atoms with Gasteiger partial charge >= 0.3 is 89.4 Å². The fourth-order valence-electron chi connectivity index (χ4n) is 8.02. The lowest BCUT2D eigenvalue weighted by Crippen LogP contribution is -2.74. The topological polar surface area (TPSA) is 212 Å². The van der Waals surface area contributed by atoms with Crippen LogP contribution >= 0.6 is 11.8 Å². The van der Waals surface area contributed by atoms with E-state index in [0.717, 1.165) is 64.1 Å². The van der Waals surface area contributed by atoms with Crippen molar-refractivity contribution in [1.29, 1.82) is 0 Å². The van der Waals surface area contributed by atoms with E-state index in [1.807, 2.05) is 0 Å². The molecule has 10 atom stereocenters. The highest BCUT2D eigenvalue weighted by Gasteiger charge is 2.95. The molecule has 3 aromatic rings. The molecule has 0 aromatic heterocycles. The van der Waals surface area contributed by atoms with E-state index in [-0.39, 0.29) is 11.1 Å². The van der Waals surface area contributed by atoms with Crippen molar-refractivity contribution < 1.29 is 156 Å². The van der Waals surface area contributed by atoms with Crippen molar-refractivity contribution in [2.45, 2.75) is 142 Å². The van der Waals surface area contributed by atoms with Gasteiger partial charge in [-0.3, -0.25) is 19.2 Å². The highest BCUT2D eigenvalue weighted by Crippen LogP contribution is 2.64. The highest BCUT2D eigenvalue weighted by molar-refractivity contribution is 7.99. The van der Waals surface area contributed by atoms with Crippen LogP contribution in [0.5, 0.6) is 0 Å². The standard InChI is InChI=1S/C51H45F17O17S/c1-24(69)76-22-31-33(78-25(2)70)35(79-26(3)71)37(80-27(4)72)42(81-31)77-23-32-34(83-39(73)28-14-8-5-9-15-28)36(84-40(74)29-16-10-6-11-17-29)38(85-41(75)30-18-12-7-13-19-30)43(82-32)86-21-20-44(52,53)45(54,55)46(56,57)47(58,59)48(60,61)49(62,63)50(64,65)51(66,67)68/h5-19,31-38,42-43H,20-23H2,1-4H3/t31-,32-,33+,34-,35+,36+,37-,38-,42-,43+/m1/s1. The third kappa shape index (κ3) is 14.9. The molecule has 0 aliphatic carbocycles. The van der Waals surface area contributed by atoms with E-state index < -0.39 is 193 Å². The Labute approximate surface area is 477 Å². The van der Waals surface area contributed by atoms with Gasteiger partial charge in [-0.05, 0) is 36.4 Å². The van der Waals surface area contributed by atoms with Gasteiger partial charge in [-0.25, -0.2) is 14.4 Å². The van der Waals surface area contributed by atoms with Crippen molar-refractivity contribution in [3.05, 3.63) is 108 Å². The van der Waals surface area contributed by atoms with Crippen LogP contribution in [0.1, 0.15) is 65.2 Å². The van der Waals surface area contributed by atoms with Crippen molar-refractivity contribution in [1.82, 2.24) is 0 Å². The number of hydrogen-bond donors (Lipinski definition) is 0. The lowest BCUT2D eigenvalue weighted by Gasteiger charge is -2.46.